The van der Waals surface area contributed by atoms with E-state index in [-0.39, 0.29) is 21.7 Å². The van der Waals surface area contributed by atoms with Crippen LogP contribution in [0.1, 0.15) is 105 Å². The monoisotopic (exact) mass is 1340 g/mol. The van der Waals surface area contributed by atoms with Crippen molar-refractivity contribution in [3.63, 3.8) is 0 Å². The predicted octanol–water partition coefficient (Wildman–Crippen LogP) is 22.8. The topological polar surface area (TPSA) is 38.5 Å². The molecule has 12 aromatic rings. The van der Waals surface area contributed by atoms with E-state index in [0.717, 1.165) is 111 Å². The van der Waals surface area contributed by atoms with Crippen molar-refractivity contribution in [2.75, 3.05) is 9.80 Å². The number of ether oxygens (including phenoxy) is 1. The normalized spacial score (nSPS) is 12.7. The van der Waals surface area contributed by atoms with Crippen molar-refractivity contribution in [1.82, 2.24) is 14.1 Å². The third-order valence-electron chi connectivity index (χ3n) is 17.4. The summed E-state index contributed by atoms with van der Waals surface area (Å²) in [7, 11) is 0. The van der Waals surface area contributed by atoms with Crippen molar-refractivity contribution < 1.29 is 24.1 Å². The maximum atomic E-state index is 7.60. The van der Waals surface area contributed by atoms with Gasteiger partial charge in [-0.3, -0.25) is 0 Å². The Kier molecular flexibility index (Phi) is 15.1. The Morgan fingerprint density at radius 3 is 1.40 bits per heavy atom. The first-order valence-corrected chi connectivity index (χ1v) is 32.1. The van der Waals surface area contributed by atoms with Crippen molar-refractivity contribution in [3.8, 4) is 67.4 Å². The second-order valence-corrected chi connectivity index (χ2v) is 28.7. The van der Waals surface area contributed by atoms with Gasteiger partial charge in [-0.25, -0.2) is 0 Å². The summed E-state index contributed by atoms with van der Waals surface area (Å²) in [5.74, 6) is 2.29. The van der Waals surface area contributed by atoms with Crippen LogP contribution in [0.5, 0.6) is 11.5 Å². The molecule has 0 aliphatic carbocycles. The van der Waals surface area contributed by atoms with Gasteiger partial charge < -0.3 is 4.90 Å². The molecule has 13 rings (SSSR count). The summed E-state index contributed by atoms with van der Waals surface area (Å²) < 4.78 is 13.5. The van der Waals surface area contributed by atoms with Gasteiger partial charge >= 0.3 is 358 Å². The molecule has 0 N–H and O–H groups in total. The third-order valence-corrected chi connectivity index (χ3v) is 18.4. The predicted molar refractivity (Wildman–Crippen MR) is 370 cm³/mol. The van der Waals surface area contributed by atoms with Crippen LogP contribution < -0.4 is 14.5 Å². The van der Waals surface area contributed by atoms with E-state index in [1.165, 1.54) is 27.8 Å². The number of fused-ring (bicyclic) bond motifs is 7. The molecule has 0 bridgehead atoms. The zero-order valence-electron chi connectivity index (χ0n) is 53.1. The number of benzene rings is 10. The summed E-state index contributed by atoms with van der Waals surface area (Å²) in [5, 5.41) is 0. The summed E-state index contributed by atoms with van der Waals surface area (Å²) in [5.41, 5.74) is 22.4. The summed E-state index contributed by atoms with van der Waals surface area (Å²) in [4.78, 5) is 10.2. The first kappa shape index (κ1) is 58.9. The molecule has 1 aliphatic rings. The Bertz CT molecular complexity index is 4640. The zero-order valence-corrected chi connectivity index (χ0v) is 55.4. The van der Waals surface area contributed by atoms with E-state index in [0.29, 0.717) is 0 Å². The van der Waals surface area contributed by atoms with Gasteiger partial charge in [0.1, 0.15) is 0 Å². The fourth-order valence-electron chi connectivity index (χ4n) is 12.6. The summed E-state index contributed by atoms with van der Waals surface area (Å²) in [6, 6.07) is 88.8. The summed E-state index contributed by atoms with van der Waals surface area (Å²) >= 11 is 2.56. The number of hydrogen-bond donors (Lipinski definition) is 0. The van der Waals surface area contributed by atoms with Gasteiger partial charge in [0, 0.05) is 17.4 Å². The molecule has 1 aliphatic heterocycles. The minimum atomic E-state index is -0.375. The van der Waals surface area contributed by atoms with Crippen molar-refractivity contribution in [1.29, 1.82) is 0 Å². The molecule has 0 amide bonds. The van der Waals surface area contributed by atoms with Crippen LogP contribution in [-0.2, 0) is 41.0 Å². The van der Waals surface area contributed by atoms with Crippen molar-refractivity contribution in [2.24, 2.45) is 0 Å². The average molecular weight is 1340 g/mol. The molecule has 0 spiro atoms. The van der Waals surface area contributed by atoms with Gasteiger partial charge in [0.05, 0.1) is 5.69 Å². The number of para-hydroxylation sites is 5. The molecule has 0 atom stereocenters. The number of nitrogens with zero attached hydrogens (tertiary/aromatic N) is 5. The number of aromatic nitrogens is 3. The molecular formula is C82H77N5OPt. The van der Waals surface area contributed by atoms with E-state index in [1.807, 2.05) is 6.20 Å². The molecule has 3 heterocycles. The Balaban J connectivity index is 1.06. The minimum absolute atomic E-state index is 0.104. The molecular weight excluding hydrogens is 1270 g/mol. The van der Waals surface area contributed by atoms with E-state index >= 15 is 0 Å². The second kappa shape index (κ2) is 22.8. The number of imidazole rings is 1. The molecule has 7 heteroatoms. The van der Waals surface area contributed by atoms with Crippen LogP contribution in [0.3, 0.4) is 0 Å². The molecule has 0 fully saturated rings. The number of pyridine rings is 1. The molecule has 0 radical (unpaired) electrons. The molecule has 6 nitrogen and oxygen atoms in total. The number of rotatable bonds is 8. The van der Waals surface area contributed by atoms with E-state index in [2.05, 4.69) is 364 Å². The first-order valence-electron chi connectivity index (χ1n) is 31.0. The quantitative estimate of drug-likeness (QED) is 0.152. The van der Waals surface area contributed by atoms with Crippen LogP contribution >= 0.6 is 0 Å². The van der Waals surface area contributed by atoms with Crippen LogP contribution in [0.25, 0.3) is 66.9 Å². The van der Waals surface area contributed by atoms with Crippen LogP contribution in [0.4, 0.5) is 34.3 Å². The fourth-order valence-corrected chi connectivity index (χ4v) is 13.7. The fraction of sp³-hybridized carbons (Fsp3) is 0.195. The van der Waals surface area contributed by atoms with Crippen LogP contribution in [-0.4, -0.2) is 14.1 Å². The van der Waals surface area contributed by atoms with E-state index in [1.54, 1.807) is 0 Å². The van der Waals surface area contributed by atoms with Gasteiger partial charge in [0.15, 0.2) is 0 Å². The standard InChI is InChI=1S/C82H77N5O.Pt/c1-79(2,3)57-43-44-72-67(47-57)63-37-22-24-39-70(63)86(60-33-20-15-21-34-60)71-40-25-23-38-64(71)68-52-69(82(10,11)12)76(53-75(68)87(72)77-50-58(45-46-83-77)80(4,5)6)88-62-36-28-35-61(51-62)84-54-85(74-42-27-26-41-73(74)84)78-65(55-29-16-13-17-30-55)48-59(81(7,8)9)49-66(78)56-31-18-14-19-32-56;/h13-53H,1-12H3;. The number of anilines is 6. The van der Waals surface area contributed by atoms with Crippen LogP contribution in [0, 0.1) is 3.80 Å². The second-order valence-electron chi connectivity index (χ2n) is 27.7. The molecule has 0 saturated carbocycles. The Hall–Kier alpha value is -9.09. The molecule has 446 valence electrons. The Morgan fingerprint density at radius 1 is 0.348 bits per heavy atom. The Labute approximate surface area is 536 Å². The van der Waals surface area contributed by atoms with E-state index in [9.17, 15) is 0 Å². The average Bonchev–Trinajstić information content (AvgIpc) is 1.78. The van der Waals surface area contributed by atoms with Gasteiger partial charge in [-0.15, -0.1) is 0 Å². The third kappa shape index (κ3) is 11.1. The van der Waals surface area contributed by atoms with Crippen molar-refractivity contribution in [3.05, 3.63) is 275 Å². The van der Waals surface area contributed by atoms with E-state index < -0.39 is 0 Å². The zero-order chi connectivity index (χ0) is 62.1. The summed E-state index contributed by atoms with van der Waals surface area (Å²) in [6.45, 7) is 27.5. The maximum absolute atomic E-state index is 7.60. The molecule has 2 aromatic heterocycles. The van der Waals surface area contributed by atoms with Gasteiger partial charge in [-0.05, 0) is 58.4 Å². The van der Waals surface area contributed by atoms with Gasteiger partial charge in [-0.1, -0.05) is 96.1 Å². The van der Waals surface area contributed by atoms with Crippen molar-refractivity contribution >= 4 is 45.3 Å². The van der Waals surface area contributed by atoms with Gasteiger partial charge in [0.2, 0.25) is 0 Å². The van der Waals surface area contributed by atoms with Gasteiger partial charge in [-0.2, -0.15) is 0 Å². The number of hydrogen-bond acceptors (Lipinski definition) is 4. The Morgan fingerprint density at radius 2 is 0.831 bits per heavy atom. The summed E-state index contributed by atoms with van der Waals surface area (Å²) in [6.07, 6.45) is 1.98. The van der Waals surface area contributed by atoms with Crippen LogP contribution in [0.15, 0.2) is 249 Å². The molecule has 10 aromatic carbocycles. The SMILES string of the molecule is CC(C)(C)c1ccnc(N2c3ccc(C(C)(C)C)cc3-c3ccccc3N(c3ccccc3)c3ccccc3-c3cc(C(C)(C)C)c(Oc4cccc(-n5[c](=[Pt])n(-c6c(-c7ccccc7)cc(C(C)(C)C)cc6-c6ccccc6)c6ccccc65)c4)cc32)c1. The van der Waals surface area contributed by atoms with Gasteiger partial charge in [0.25, 0.3) is 0 Å². The molecule has 0 saturated heterocycles. The van der Waals surface area contributed by atoms with Crippen molar-refractivity contribution in [2.45, 2.75) is 105 Å². The van der Waals surface area contributed by atoms with Crippen LogP contribution in [0.2, 0.25) is 0 Å². The van der Waals surface area contributed by atoms with E-state index in [4.69, 9.17) is 9.72 Å². The molecule has 0 unspecified atom stereocenters. The molecule has 89 heavy (non-hydrogen) atoms. The first-order chi connectivity index (χ1) is 42.6.